The molecule has 0 fully saturated rings. The van der Waals surface area contributed by atoms with Gasteiger partial charge >= 0.3 is 5.97 Å². The Kier molecular flexibility index (Phi) is 3.76. The first kappa shape index (κ1) is 14.7. The Morgan fingerprint density at radius 3 is 2.87 bits per heavy atom. The first-order chi connectivity index (χ1) is 11.1. The summed E-state index contributed by atoms with van der Waals surface area (Å²) in [6.07, 6.45) is 5.63. The molecule has 0 aliphatic carbocycles. The van der Waals surface area contributed by atoms with Gasteiger partial charge in [0.1, 0.15) is 5.69 Å². The number of hydrogen-bond donors (Lipinski definition) is 3. The van der Waals surface area contributed by atoms with Gasteiger partial charge in [0.25, 0.3) is 5.91 Å². The third-order valence-corrected chi connectivity index (χ3v) is 3.52. The summed E-state index contributed by atoms with van der Waals surface area (Å²) in [4.78, 5) is 34.5. The van der Waals surface area contributed by atoms with E-state index >= 15 is 0 Å². The van der Waals surface area contributed by atoms with Crippen molar-refractivity contribution in [2.45, 2.75) is 6.42 Å². The average Bonchev–Trinajstić information content (AvgIpc) is 3.03. The van der Waals surface area contributed by atoms with Gasteiger partial charge < -0.3 is 15.4 Å². The summed E-state index contributed by atoms with van der Waals surface area (Å²) < 4.78 is 0. The Hall–Kier alpha value is -3.22. The minimum atomic E-state index is -1.10. The molecule has 0 saturated heterocycles. The number of fused-ring (bicyclic) bond motifs is 1. The summed E-state index contributed by atoms with van der Waals surface area (Å²) >= 11 is 0. The fourth-order valence-electron chi connectivity index (χ4n) is 2.42. The number of aromatic carboxylic acids is 1. The number of rotatable bonds is 4. The molecule has 0 saturated carbocycles. The Balaban J connectivity index is 2.05. The van der Waals surface area contributed by atoms with Crippen LogP contribution in [0.25, 0.3) is 10.9 Å². The normalized spacial score (nSPS) is 10.7. The minimum absolute atomic E-state index is 0.0304. The van der Waals surface area contributed by atoms with Crippen molar-refractivity contribution in [3.8, 4) is 0 Å². The standard InChI is InChI=1S/C16H14N4O3/c1-17-15(21)13-6-9(16(22)23)4-11(20-13)5-10-7-18-8-14-12(10)2-3-19-14/h2-4,6-8,19H,5H2,1H3,(H,17,21)(H,22,23). The minimum Gasteiger partial charge on any atom is -0.478 e. The van der Waals surface area contributed by atoms with E-state index in [1.165, 1.54) is 19.2 Å². The summed E-state index contributed by atoms with van der Waals surface area (Å²) in [5, 5.41) is 12.7. The molecule has 116 valence electrons. The van der Waals surface area contributed by atoms with Crippen LogP contribution in [0.3, 0.4) is 0 Å². The quantitative estimate of drug-likeness (QED) is 0.678. The van der Waals surface area contributed by atoms with Crippen molar-refractivity contribution in [2.24, 2.45) is 0 Å². The van der Waals surface area contributed by atoms with Crippen LogP contribution in [0.5, 0.6) is 0 Å². The zero-order chi connectivity index (χ0) is 16.4. The number of pyridine rings is 2. The monoisotopic (exact) mass is 310 g/mol. The number of carbonyl (C=O) groups excluding carboxylic acids is 1. The third kappa shape index (κ3) is 2.89. The highest BCUT2D eigenvalue weighted by atomic mass is 16.4. The van der Waals surface area contributed by atoms with Crippen LogP contribution in [0.15, 0.2) is 36.8 Å². The number of carboxylic acids is 1. The number of H-pyrrole nitrogens is 1. The number of aromatic nitrogens is 3. The molecular weight excluding hydrogens is 296 g/mol. The third-order valence-electron chi connectivity index (χ3n) is 3.52. The van der Waals surface area contributed by atoms with Crippen LogP contribution in [-0.4, -0.2) is 39.0 Å². The van der Waals surface area contributed by atoms with Crippen molar-refractivity contribution in [2.75, 3.05) is 7.05 Å². The topological polar surface area (TPSA) is 108 Å². The van der Waals surface area contributed by atoms with Crippen LogP contribution in [0.4, 0.5) is 0 Å². The maximum absolute atomic E-state index is 11.8. The largest absolute Gasteiger partial charge is 0.478 e. The van der Waals surface area contributed by atoms with Crippen molar-refractivity contribution in [1.82, 2.24) is 20.3 Å². The van der Waals surface area contributed by atoms with E-state index in [0.717, 1.165) is 16.5 Å². The predicted molar refractivity (Wildman–Crippen MR) is 83.5 cm³/mol. The zero-order valence-electron chi connectivity index (χ0n) is 12.3. The van der Waals surface area contributed by atoms with Gasteiger partial charge in [0, 0.05) is 36.9 Å². The Morgan fingerprint density at radius 1 is 1.30 bits per heavy atom. The molecule has 23 heavy (non-hydrogen) atoms. The molecule has 0 bridgehead atoms. The predicted octanol–water partition coefficient (Wildman–Crippen LogP) is 1.61. The zero-order valence-corrected chi connectivity index (χ0v) is 12.3. The fraction of sp³-hybridized carbons (Fsp3) is 0.125. The van der Waals surface area contributed by atoms with Gasteiger partial charge in [0.05, 0.1) is 17.3 Å². The van der Waals surface area contributed by atoms with Gasteiger partial charge in [-0.1, -0.05) is 0 Å². The van der Waals surface area contributed by atoms with Crippen molar-refractivity contribution in [3.05, 3.63) is 59.3 Å². The molecule has 0 radical (unpaired) electrons. The molecule has 0 unspecified atom stereocenters. The van der Waals surface area contributed by atoms with E-state index in [1.807, 2.05) is 12.3 Å². The van der Waals surface area contributed by atoms with Gasteiger partial charge in [0.15, 0.2) is 0 Å². The lowest BCUT2D eigenvalue weighted by molar-refractivity contribution is 0.0696. The summed E-state index contributed by atoms with van der Waals surface area (Å²) in [5.41, 5.74) is 2.41. The van der Waals surface area contributed by atoms with Gasteiger partial charge in [-0.15, -0.1) is 0 Å². The highest BCUT2D eigenvalue weighted by molar-refractivity contribution is 5.96. The van der Waals surface area contributed by atoms with Gasteiger partial charge in [-0.05, 0) is 23.8 Å². The van der Waals surface area contributed by atoms with E-state index in [4.69, 9.17) is 0 Å². The molecular formula is C16H14N4O3. The van der Waals surface area contributed by atoms with Crippen LogP contribution in [0.2, 0.25) is 0 Å². The molecule has 7 nitrogen and oxygen atoms in total. The van der Waals surface area contributed by atoms with Crippen molar-refractivity contribution in [3.63, 3.8) is 0 Å². The summed E-state index contributed by atoms with van der Waals surface area (Å²) in [5.74, 6) is -1.52. The number of hydrogen-bond acceptors (Lipinski definition) is 4. The lowest BCUT2D eigenvalue weighted by Gasteiger charge is -2.07. The molecule has 3 aromatic heterocycles. The maximum atomic E-state index is 11.8. The summed E-state index contributed by atoms with van der Waals surface area (Å²) in [6.45, 7) is 0. The van der Waals surface area contributed by atoms with E-state index in [-0.39, 0.29) is 11.3 Å². The summed E-state index contributed by atoms with van der Waals surface area (Å²) in [6, 6.07) is 4.66. The van der Waals surface area contributed by atoms with Gasteiger partial charge in [0.2, 0.25) is 0 Å². The second-order valence-corrected chi connectivity index (χ2v) is 5.03. The van der Waals surface area contributed by atoms with Crippen molar-refractivity contribution < 1.29 is 14.7 Å². The second-order valence-electron chi connectivity index (χ2n) is 5.03. The van der Waals surface area contributed by atoms with Gasteiger partial charge in [-0.3, -0.25) is 9.78 Å². The Labute approximate surface area is 131 Å². The molecule has 0 aliphatic heterocycles. The van der Waals surface area contributed by atoms with Crippen LogP contribution in [-0.2, 0) is 6.42 Å². The van der Waals surface area contributed by atoms with E-state index in [2.05, 4.69) is 20.3 Å². The smallest absolute Gasteiger partial charge is 0.335 e. The Morgan fingerprint density at radius 2 is 2.13 bits per heavy atom. The molecule has 1 amide bonds. The first-order valence-electron chi connectivity index (χ1n) is 6.95. The number of carbonyl (C=O) groups is 2. The molecule has 3 rings (SSSR count). The average molecular weight is 310 g/mol. The van der Waals surface area contributed by atoms with E-state index in [1.54, 1.807) is 12.4 Å². The highest BCUT2D eigenvalue weighted by Gasteiger charge is 2.14. The molecule has 0 atom stereocenters. The van der Waals surface area contributed by atoms with Gasteiger partial charge in [-0.25, -0.2) is 9.78 Å². The number of nitrogens with zero attached hydrogens (tertiary/aromatic N) is 2. The SMILES string of the molecule is CNC(=O)c1cc(C(=O)O)cc(Cc2cncc3[nH]ccc23)n1. The van der Waals surface area contributed by atoms with Crippen LogP contribution >= 0.6 is 0 Å². The van der Waals surface area contributed by atoms with Crippen molar-refractivity contribution in [1.29, 1.82) is 0 Å². The lowest BCUT2D eigenvalue weighted by atomic mass is 10.1. The highest BCUT2D eigenvalue weighted by Crippen LogP contribution is 2.19. The molecule has 0 aliphatic rings. The Bertz CT molecular complexity index is 901. The molecule has 0 spiro atoms. The van der Waals surface area contributed by atoms with Crippen molar-refractivity contribution >= 4 is 22.8 Å². The van der Waals surface area contributed by atoms with E-state index in [0.29, 0.717) is 12.1 Å². The maximum Gasteiger partial charge on any atom is 0.335 e. The molecule has 7 heteroatoms. The number of amides is 1. The van der Waals surface area contributed by atoms with Crippen LogP contribution in [0, 0.1) is 0 Å². The number of carboxylic acid groups (broad SMARTS) is 1. The van der Waals surface area contributed by atoms with Crippen LogP contribution in [0.1, 0.15) is 32.1 Å². The number of aromatic amines is 1. The van der Waals surface area contributed by atoms with E-state index < -0.39 is 11.9 Å². The molecule has 3 N–H and O–H groups in total. The molecule has 3 aromatic rings. The van der Waals surface area contributed by atoms with E-state index in [9.17, 15) is 14.7 Å². The second kappa shape index (κ2) is 5.88. The summed E-state index contributed by atoms with van der Waals surface area (Å²) in [7, 11) is 1.47. The fourth-order valence-corrected chi connectivity index (χ4v) is 2.42. The lowest BCUT2D eigenvalue weighted by Crippen LogP contribution is -2.20. The molecule has 3 heterocycles. The number of nitrogens with one attached hydrogen (secondary N) is 2. The van der Waals surface area contributed by atoms with Crippen LogP contribution < -0.4 is 5.32 Å². The molecule has 0 aromatic carbocycles. The van der Waals surface area contributed by atoms with Gasteiger partial charge in [-0.2, -0.15) is 0 Å². The first-order valence-corrected chi connectivity index (χ1v) is 6.95.